The van der Waals surface area contributed by atoms with E-state index in [2.05, 4.69) is 22.8 Å². The number of alkyl carbamates (subject to hydrolysis) is 1. The van der Waals surface area contributed by atoms with Crippen molar-refractivity contribution >= 4 is 18.0 Å². The molecule has 8 nitrogen and oxygen atoms in total. The molecule has 0 fully saturated rings. The molecule has 176 valence electrons. The molecule has 2 aromatic rings. The summed E-state index contributed by atoms with van der Waals surface area (Å²) in [5, 5.41) is 23.3. The van der Waals surface area contributed by atoms with Gasteiger partial charge in [0.2, 0.25) is 5.91 Å². The molecule has 0 saturated carbocycles. The van der Waals surface area contributed by atoms with E-state index in [1.807, 2.05) is 50.2 Å². The van der Waals surface area contributed by atoms with E-state index in [1.165, 1.54) is 0 Å². The number of nitrogens with one attached hydrogen (secondary N) is 2. The van der Waals surface area contributed by atoms with Gasteiger partial charge < -0.3 is 25.6 Å². The first-order valence-electron chi connectivity index (χ1n) is 11.1. The summed E-state index contributed by atoms with van der Waals surface area (Å²) >= 11 is 0. The fourth-order valence-electron chi connectivity index (χ4n) is 3.99. The summed E-state index contributed by atoms with van der Waals surface area (Å²) in [6.07, 6.45) is -2.19. The second-order valence-corrected chi connectivity index (χ2v) is 8.52. The highest BCUT2D eigenvalue weighted by molar-refractivity contribution is 5.79. The molecule has 1 aliphatic rings. The highest BCUT2D eigenvalue weighted by atomic mass is 16.5. The number of hydrogen-bond donors (Lipinski definition) is 4. The maximum atomic E-state index is 12.5. The molecule has 0 spiro atoms. The van der Waals surface area contributed by atoms with Gasteiger partial charge in [0.05, 0.1) is 0 Å². The molecule has 3 rings (SSSR count). The van der Waals surface area contributed by atoms with E-state index in [0.29, 0.717) is 0 Å². The Morgan fingerprint density at radius 3 is 2.12 bits per heavy atom. The maximum absolute atomic E-state index is 12.5. The van der Waals surface area contributed by atoms with E-state index in [1.54, 1.807) is 0 Å². The second-order valence-electron chi connectivity index (χ2n) is 8.52. The normalized spacial score (nSPS) is 14.2. The molecular formula is C25H30N2O6. The fraction of sp³-hybridized carbons (Fsp3) is 0.400. The largest absolute Gasteiger partial charge is 0.479 e. The molecule has 8 heteroatoms. The maximum Gasteiger partial charge on any atom is 0.407 e. The SMILES string of the molecule is CC(C)[C@@H](CC(=O)NCC[C@H](O)C(=O)O)NC(=O)OCC1c2ccccc2-c2ccccc21. The van der Waals surface area contributed by atoms with E-state index < -0.39 is 24.2 Å². The predicted molar refractivity (Wildman–Crippen MR) is 123 cm³/mol. The number of carbonyl (C=O) groups is 3. The molecule has 4 N–H and O–H groups in total. The first-order chi connectivity index (χ1) is 15.8. The number of aliphatic carboxylic acids is 1. The Morgan fingerprint density at radius 2 is 1.58 bits per heavy atom. The molecule has 0 bridgehead atoms. The molecule has 2 atom stereocenters. The number of amides is 2. The van der Waals surface area contributed by atoms with Crippen molar-refractivity contribution in [3.05, 3.63) is 59.7 Å². The van der Waals surface area contributed by atoms with Crippen molar-refractivity contribution in [1.29, 1.82) is 0 Å². The lowest BCUT2D eigenvalue weighted by Gasteiger charge is -2.22. The lowest BCUT2D eigenvalue weighted by Crippen LogP contribution is -2.43. The molecule has 0 unspecified atom stereocenters. The van der Waals surface area contributed by atoms with Gasteiger partial charge >= 0.3 is 12.1 Å². The average Bonchev–Trinajstić information content (AvgIpc) is 3.10. The monoisotopic (exact) mass is 454 g/mol. The van der Waals surface area contributed by atoms with Gasteiger partial charge in [-0.1, -0.05) is 62.4 Å². The lowest BCUT2D eigenvalue weighted by atomic mass is 9.98. The van der Waals surface area contributed by atoms with Gasteiger partial charge in [-0.05, 0) is 28.2 Å². The van der Waals surface area contributed by atoms with Gasteiger partial charge in [-0.15, -0.1) is 0 Å². The Labute approximate surface area is 193 Å². The summed E-state index contributed by atoms with van der Waals surface area (Å²) in [6, 6.07) is 15.7. The van der Waals surface area contributed by atoms with Crippen LogP contribution in [0.2, 0.25) is 0 Å². The van der Waals surface area contributed by atoms with Crippen molar-refractivity contribution < 1.29 is 29.3 Å². The topological polar surface area (TPSA) is 125 Å². The highest BCUT2D eigenvalue weighted by Crippen LogP contribution is 2.44. The molecule has 0 aliphatic heterocycles. The van der Waals surface area contributed by atoms with Crippen LogP contribution in [-0.4, -0.2) is 53.5 Å². The van der Waals surface area contributed by atoms with Crippen LogP contribution in [0.25, 0.3) is 11.1 Å². The van der Waals surface area contributed by atoms with Crippen LogP contribution in [0.4, 0.5) is 4.79 Å². The van der Waals surface area contributed by atoms with Crippen LogP contribution >= 0.6 is 0 Å². The Bertz CT molecular complexity index is 960. The number of benzene rings is 2. The van der Waals surface area contributed by atoms with Crippen molar-refractivity contribution in [2.45, 2.75) is 44.8 Å². The Balaban J connectivity index is 1.53. The van der Waals surface area contributed by atoms with Crippen LogP contribution in [0.1, 0.15) is 43.7 Å². The third-order valence-electron chi connectivity index (χ3n) is 5.88. The average molecular weight is 455 g/mol. The summed E-state index contributed by atoms with van der Waals surface area (Å²) in [7, 11) is 0. The number of hydrogen-bond acceptors (Lipinski definition) is 5. The molecule has 2 aromatic carbocycles. The molecule has 33 heavy (non-hydrogen) atoms. The standard InChI is InChI=1S/C25H30N2O6/c1-15(2)21(13-23(29)26-12-11-22(28)24(30)31)27-25(32)33-14-20-18-9-5-3-7-16(18)17-8-4-6-10-19(17)20/h3-10,15,20-22,28H,11-14H2,1-2H3,(H,26,29)(H,27,32)(H,30,31)/t21-,22+/m1/s1. The van der Waals surface area contributed by atoms with Crippen LogP contribution in [0.3, 0.4) is 0 Å². The number of rotatable bonds is 10. The number of fused-ring (bicyclic) bond motifs is 3. The summed E-state index contributed by atoms with van der Waals surface area (Å²) in [5.74, 6) is -1.75. The molecule has 0 radical (unpaired) electrons. The van der Waals surface area contributed by atoms with Crippen LogP contribution in [0.5, 0.6) is 0 Å². The van der Waals surface area contributed by atoms with Gasteiger partial charge in [0.1, 0.15) is 6.61 Å². The number of aliphatic hydroxyl groups is 1. The minimum absolute atomic E-state index is 0.0189. The smallest absolute Gasteiger partial charge is 0.407 e. The van der Waals surface area contributed by atoms with E-state index in [0.717, 1.165) is 22.3 Å². The second kappa shape index (κ2) is 11.0. The zero-order valence-corrected chi connectivity index (χ0v) is 18.8. The van der Waals surface area contributed by atoms with Crippen molar-refractivity contribution in [1.82, 2.24) is 10.6 Å². The summed E-state index contributed by atoms with van der Waals surface area (Å²) in [4.78, 5) is 35.4. The van der Waals surface area contributed by atoms with E-state index in [4.69, 9.17) is 9.84 Å². The number of ether oxygens (including phenoxy) is 1. The molecular weight excluding hydrogens is 424 g/mol. The fourth-order valence-corrected chi connectivity index (χ4v) is 3.99. The Hall–Kier alpha value is -3.39. The van der Waals surface area contributed by atoms with Crippen LogP contribution in [-0.2, 0) is 14.3 Å². The quantitative estimate of drug-likeness (QED) is 0.438. The van der Waals surface area contributed by atoms with Crippen LogP contribution in [0.15, 0.2) is 48.5 Å². The van der Waals surface area contributed by atoms with Crippen LogP contribution < -0.4 is 10.6 Å². The van der Waals surface area contributed by atoms with E-state index >= 15 is 0 Å². The first kappa shape index (κ1) is 24.3. The number of carboxylic acid groups (broad SMARTS) is 1. The van der Waals surface area contributed by atoms with Crippen LogP contribution in [0, 0.1) is 5.92 Å². The minimum atomic E-state index is -1.52. The summed E-state index contributed by atoms with van der Waals surface area (Å²) < 4.78 is 5.56. The predicted octanol–water partition coefficient (Wildman–Crippen LogP) is 2.89. The van der Waals surface area contributed by atoms with Crippen molar-refractivity contribution in [2.24, 2.45) is 5.92 Å². The van der Waals surface area contributed by atoms with E-state index in [9.17, 15) is 19.5 Å². The van der Waals surface area contributed by atoms with Crippen molar-refractivity contribution in [3.63, 3.8) is 0 Å². The number of aliphatic hydroxyl groups excluding tert-OH is 1. The number of carboxylic acids is 1. The molecule has 0 saturated heterocycles. The molecule has 0 aromatic heterocycles. The third kappa shape index (κ3) is 6.10. The van der Waals surface area contributed by atoms with Gasteiger partial charge in [-0.3, -0.25) is 4.79 Å². The Kier molecular flexibility index (Phi) is 8.06. The summed E-state index contributed by atoms with van der Waals surface area (Å²) in [6.45, 7) is 3.98. The molecule has 2 amide bonds. The zero-order valence-electron chi connectivity index (χ0n) is 18.8. The first-order valence-corrected chi connectivity index (χ1v) is 11.1. The third-order valence-corrected chi connectivity index (χ3v) is 5.88. The van der Waals surface area contributed by atoms with Gasteiger partial charge in [0, 0.05) is 31.3 Å². The van der Waals surface area contributed by atoms with Crippen molar-refractivity contribution in [3.8, 4) is 11.1 Å². The Morgan fingerprint density at radius 1 is 1.00 bits per heavy atom. The summed E-state index contributed by atoms with van der Waals surface area (Å²) in [5.41, 5.74) is 4.53. The molecule has 1 aliphatic carbocycles. The van der Waals surface area contributed by atoms with Gasteiger partial charge in [-0.2, -0.15) is 0 Å². The van der Waals surface area contributed by atoms with Gasteiger partial charge in [0.15, 0.2) is 6.10 Å². The van der Waals surface area contributed by atoms with E-state index in [-0.39, 0.29) is 43.7 Å². The van der Waals surface area contributed by atoms with Gasteiger partial charge in [-0.25, -0.2) is 9.59 Å². The highest BCUT2D eigenvalue weighted by Gasteiger charge is 2.29. The molecule has 0 heterocycles. The minimum Gasteiger partial charge on any atom is -0.479 e. The zero-order chi connectivity index (χ0) is 24.0. The lowest BCUT2D eigenvalue weighted by molar-refractivity contribution is -0.147. The van der Waals surface area contributed by atoms with Gasteiger partial charge in [0.25, 0.3) is 0 Å². The van der Waals surface area contributed by atoms with Crippen molar-refractivity contribution in [2.75, 3.05) is 13.2 Å². The number of carbonyl (C=O) groups excluding carboxylic acids is 2.